The number of amides is 3. The number of rotatable bonds is 8. The summed E-state index contributed by atoms with van der Waals surface area (Å²) >= 11 is 0. The van der Waals surface area contributed by atoms with Gasteiger partial charge in [0.1, 0.15) is 17.9 Å². The summed E-state index contributed by atoms with van der Waals surface area (Å²) in [5, 5.41) is 14.1. The molecule has 178 valence electrons. The van der Waals surface area contributed by atoms with Crippen molar-refractivity contribution in [1.29, 1.82) is 0 Å². The van der Waals surface area contributed by atoms with Crippen molar-refractivity contribution in [2.45, 2.75) is 24.9 Å². The van der Waals surface area contributed by atoms with Crippen LogP contribution >= 0.6 is 0 Å². The minimum absolute atomic E-state index is 0.0476. The van der Waals surface area contributed by atoms with Crippen LogP contribution in [0.25, 0.3) is 10.8 Å². The third-order valence-corrected chi connectivity index (χ3v) is 6.03. The van der Waals surface area contributed by atoms with E-state index in [9.17, 15) is 23.9 Å². The largest absolute Gasteiger partial charge is 0.465 e. The first-order chi connectivity index (χ1) is 16.2. The zero-order valence-corrected chi connectivity index (χ0v) is 19.4. The summed E-state index contributed by atoms with van der Waals surface area (Å²) in [7, 11) is 4.20. The van der Waals surface area contributed by atoms with Crippen LogP contribution in [0.5, 0.6) is 0 Å². The summed E-state index contributed by atoms with van der Waals surface area (Å²) < 4.78 is 14.3. The Kier molecular flexibility index (Phi) is 7.83. The Morgan fingerprint density at radius 3 is 2.18 bits per heavy atom. The molecule has 0 aliphatic heterocycles. The van der Waals surface area contributed by atoms with E-state index >= 15 is 0 Å². The molecule has 0 fully saturated rings. The van der Waals surface area contributed by atoms with Gasteiger partial charge in [-0.25, -0.2) is 9.18 Å². The van der Waals surface area contributed by atoms with E-state index in [4.69, 9.17) is 0 Å². The van der Waals surface area contributed by atoms with Gasteiger partial charge >= 0.3 is 6.09 Å². The maximum Gasteiger partial charge on any atom is 0.407 e. The van der Waals surface area contributed by atoms with Gasteiger partial charge in [-0.05, 0) is 28.0 Å². The van der Waals surface area contributed by atoms with Crippen molar-refractivity contribution in [3.8, 4) is 0 Å². The number of carboxylic acid groups (broad SMARTS) is 1. The number of benzene rings is 3. The van der Waals surface area contributed by atoms with Gasteiger partial charge in [0.25, 0.3) is 0 Å². The number of fused-ring (bicyclic) bond motifs is 1. The van der Waals surface area contributed by atoms with Crippen molar-refractivity contribution in [3.63, 3.8) is 0 Å². The van der Waals surface area contributed by atoms with E-state index in [1.807, 2.05) is 42.5 Å². The van der Waals surface area contributed by atoms with Gasteiger partial charge in [-0.15, -0.1) is 0 Å². The molecule has 3 aromatic rings. The van der Waals surface area contributed by atoms with E-state index < -0.39 is 35.8 Å². The second-order valence-corrected chi connectivity index (χ2v) is 8.17. The van der Waals surface area contributed by atoms with E-state index in [1.165, 1.54) is 32.1 Å². The van der Waals surface area contributed by atoms with Gasteiger partial charge in [0, 0.05) is 34.0 Å². The second-order valence-electron chi connectivity index (χ2n) is 8.17. The standard InChI is InChI=1S/C26H28FN3O4/c1-28-24(31)22(16-20-10-6-7-11-21(20)27)29(2)25(32)23(30(3)26(33)34)15-17-12-13-18-8-4-5-9-19(18)14-17/h4-14,22-23H,15-16H2,1-3H3,(H,28,31)(H,33,34)/t22-,23-/m1/s1. The predicted molar refractivity (Wildman–Crippen MR) is 128 cm³/mol. The number of nitrogens with one attached hydrogen (secondary N) is 1. The first-order valence-electron chi connectivity index (χ1n) is 10.9. The lowest BCUT2D eigenvalue weighted by atomic mass is 9.98. The van der Waals surface area contributed by atoms with Crippen molar-refractivity contribution >= 4 is 28.7 Å². The molecule has 3 rings (SSSR count). The lowest BCUT2D eigenvalue weighted by Crippen LogP contribution is -2.55. The van der Waals surface area contributed by atoms with Crippen LogP contribution in [0.3, 0.4) is 0 Å². The number of hydrogen-bond donors (Lipinski definition) is 2. The fourth-order valence-corrected chi connectivity index (χ4v) is 3.95. The van der Waals surface area contributed by atoms with Crippen LogP contribution in [-0.4, -0.2) is 66.0 Å². The van der Waals surface area contributed by atoms with E-state index in [1.54, 1.807) is 18.2 Å². The van der Waals surface area contributed by atoms with E-state index in [0.29, 0.717) is 0 Å². The smallest absolute Gasteiger partial charge is 0.407 e. The summed E-state index contributed by atoms with van der Waals surface area (Å²) in [5.74, 6) is -1.50. The van der Waals surface area contributed by atoms with E-state index in [-0.39, 0.29) is 18.4 Å². The first kappa shape index (κ1) is 24.7. The molecule has 8 heteroatoms. The second kappa shape index (κ2) is 10.8. The monoisotopic (exact) mass is 465 g/mol. The SMILES string of the molecule is CNC(=O)[C@@H](Cc1ccccc1F)N(C)C(=O)[C@@H](Cc1ccc2ccccc2c1)N(C)C(=O)O. The molecule has 0 aliphatic rings. The molecular weight excluding hydrogens is 437 g/mol. The molecule has 2 N–H and O–H groups in total. The third-order valence-electron chi connectivity index (χ3n) is 6.03. The van der Waals surface area contributed by atoms with Crippen LogP contribution in [0.2, 0.25) is 0 Å². The van der Waals surface area contributed by atoms with Crippen LogP contribution in [-0.2, 0) is 22.4 Å². The van der Waals surface area contributed by atoms with Gasteiger partial charge in [-0.3, -0.25) is 14.5 Å². The summed E-state index contributed by atoms with van der Waals surface area (Å²) in [6, 6.07) is 17.4. The average molecular weight is 466 g/mol. The highest BCUT2D eigenvalue weighted by Crippen LogP contribution is 2.20. The highest BCUT2D eigenvalue weighted by molar-refractivity contribution is 5.91. The Morgan fingerprint density at radius 1 is 0.882 bits per heavy atom. The van der Waals surface area contributed by atoms with Gasteiger partial charge < -0.3 is 15.3 Å². The zero-order chi connectivity index (χ0) is 24.8. The molecule has 0 bridgehead atoms. The molecule has 0 aromatic heterocycles. The highest BCUT2D eigenvalue weighted by Gasteiger charge is 2.35. The minimum atomic E-state index is -1.27. The van der Waals surface area contributed by atoms with Crippen LogP contribution in [0.4, 0.5) is 9.18 Å². The molecule has 0 saturated heterocycles. The number of carbonyl (C=O) groups is 3. The maximum atomic E-state index is 14.3. The van der Waals surface area contributed by atoms with Gasteiger partial charge in [0.05, 0.1) is 0 Å². The molecule has 0 spiro atoms. The summed E-state index contributed by atoms with van der Waals surface area (Å²) in [6.07, 6.45) is -1.19. The molecule has 0 aliphatic carbocycles. The van der Waals surface area contributed by atoms with Crippen molar-refractivity contribution in [1.82, 2.24) is 15.1 Å². The molecule has 0 unspecified atom stereocenters. The van der Waals surface area contributed by atoms with Crippen LogP contribution in [0.1, 0.15) is 11.1 Å². The van der Waals surface area contributed by atoms with E-state index in [2.05, 4.69) is 5.32 Å². The number of hydrogen-bond acceptors (Lipinski definition) is 3. The van der Waals surface area contributed by atoms with Gasteiger partial charge in [0.15, 0.2) is 0 Å². The molecule has 2 atom stereocenters. The fourth-order valence-electron chi connectivity index (χ4n) is 3.95. The molecule has 3 amide bonds. The van der Waals surface area contributed by atoms with Gasteiger partial charge in [-0.2, -0.15) is 0 Å². The number of nitrogens with zero attached hydrogens (tertiary/aromatic N) is 2. The lowest BCUT2D eigenvalue weighted by molar-refractivity contribution is -0.142. The Balaban J connectivity index is 1.91. The normalized spacial score (nSPS) is 12.6. The van der Waals surface area contributed by atoms with Crippen molar-refractivity contribution < 1.29 is 23.9 Å². The van der Waals surface area contributed by atoms with E-state index in [0.717, 1.165) is 21.2 Å². The lowest BCUT2D eigenvalue weighted by Gasteiger charge is -2.33. The van der Waals surface area contributed by atoms with Crippen LogP contribution < -0.4 is 5.32 Å². The topological polar surface area (TPSA) is 90.0 Å². The highest BCUT2D eigenvalue weighted by atomic mass is 19.1. The van der Waals surface area contributed by atoms with Crippen LogP contribution in [0, 0.1) is 5.82 Å². The zero-order valence-electron chi connectivity index (χ0n) is 19.4. The Bertz CT molecular complexity index is 1200. The molecule has 0 radical (unpaired) electrons. The number of halogens is 1. The molecule has 7 nitrogen and oxygen atoms in total. The molecule has 34 heavy (non-hydrogen) atoms. The van der Waals surface area contributed by atoms with Gasteiger partial charge in [-0.1, -0.05) is 60.7 Å². The Morgan fingerprint density at radius 2 is 1.53 bits per heavy atom. The van der Waals surface area contributed by atoms with Crippen molar-refractivity contribution in [2.24, 2.45) is 0 Å². The van der Waals surface area contributed by atoms with Crippen molar-refractivity contribution in [2.75, 3.05) is 21.1 Å². The number of carbonyl (C=O) groups excluding carboxylic acids is 2. The van der Waals surface area contributed by atoms with Crippen LogP contribution in [0.15, 0.2) is 66.7 Å². The maximum absolute atomic E-state index is 14.3. The molecule has 0 saturated carbocycles. The predicted octanol–water partition coefficient (Wildman–Crippen LogP) is 3.32. The summed E-state index contributed by atoms with van der Waals surface area (Å²) in [4.78, 5) is 40.1. The van der Waals surface area contributed by atoms with Gasteiger partial charge in [0.2, 0.25) is 11.8 Å². The summed E-state index contributed by atoms with van der Waals surface area (Å²) in [6.45, 7) is 0. The quantitative estimate of drug-likeness (QED) is 0.534. The first-order valence-corrected chi connectivity index (χ1v) is 10.9. The molecular formula is C26H28FN3O4. The van der Waals surface area contributed by atoms with Crippen molar-refractivity contribution in [3.05, 3.63) is 83.7 Å². The molecule has 0 heterocycles. The number of likely N-dealkylation sites (N-methyl/N-ethyl adjacent to an activating group) is 3. The molecule has 3 aromatic carbocycles. The fraction of sp³-hybridized carbons (Fsp3) is 0.269. The third kappa shape index (κ3) is 5.51. The average Bonchev–Trinajstić information content (AvgIpc) is 2.85. The Labute approximate surface area is 197 Å². The minimum Gasteiger partial charge on any atom is -0.465 e. The summed E-state index contributed by atoms with van der Waals surface area (Å²) in [5.41, 5.74) is 1.07. The Hall–Kier alpha value is -3.94.